The smallest absolute Gasteiger partial charge is 0.405 e. The average Bonchev–Trinajstić information content (AvgIpc) is 3.61. The third-order valence-electron chi connectivity index (χ3n) is 7.98. The highest BCUT2D eigenvalue weighted by Gasteiger charge is 2.42. The Morgan fingerprint density at radius 3 is 2.62 bits per heavy atom. The molecular weight excluding hydrogens is 527 g/mol. The van der Waals surface area contributed by atoms with Gasteiger partial charge in [-0.05, 0) is 75.1 Å². The first-order chi connectivity index (χ1) is 19.0. The zero-order valence-corrected chi connectivity index (χ0v) is 21.7. The van der Waals surface area contributed by atoms with E-state index in [1.165, 1.54) is 10.7 Å². The van der Waals surface area contributed by atoms with Crippen molar-refractivity contribution in [2.75, 3.05) is 5.73 Å². The van der Waals surface area contributed by atoms with Crippen LogP contribution in [0.15, 0.2) is 24.4 Å². The minimum atomic E-state index is -5.00. The normalized spacial score (nSPS) is 20.1. The summed E-state index contributed by atoms with van der Waals surface area (Å²) in [5.74, 6) is -1.21. The van der Waals surface area contributed by atoms with Gasteiger partial charge in [-0.25, -0.2) is 9.50 Å². The second kappa shape index (κ2) is 9.49. The first kappa shape index (κ1) is 26.1. The lowest BCUT2D eigenvalue weighted by Crippen LogP contribution is -2.37. The Bertz CT molecular complexity index is 1540. The molecule has 0 spiro atoms. The van der Waals surface area contributed by atoms with Crippen LogP contribution in [0.25, 0.3) is 16.9 Å². The molecule has 40 heavy (non-hydrogen) atoms. The van der Waals surface area contributed by atoms with Crippen LogP contribution in [0.4, 0.5) is 19.0 Å². The fourth-order valence-corrected chi connectivity index (χ4v) is 5.65. The summed E-state index contributed by atoms with van der Waals surface area (Å²) in [4.78, 5) is 32.5. The number of amides is 2. The molecule has 4 N–H and O–H groups in total. The molecule has 6 rings (SSSR count). The number of benzene rings is 1. The van der Waals surface area contributed by atoms with E-state index in [4.69, 9.17) is 11.1 Å². The van der Waals surface area contributed by atoms with Crippen molar-refractivity contribution in [2.24, 2.45) is 5.92 Å². The van der Waals surface area contributed by atoms with Gasteiger partial charge in [-0.3, -0.25) is 9.59 Å². The van der Waals surface area contributed by atoms with E-state index in [9.17, 15) is 22.8 Å². The van der Waals surface area contributed by atoms with Crippen LogP contribution in [0.1, 0.15) is 71.7 Å². The summed E-state index contributed by atoms with van der Waals surface area (Å²) in [5.41, 5.74) is 7.83. The van der Waals surface area contributed by atoms with Crippen molar-refractivity contribution in [2.45, 2.75) is 70.4 Å². The van der Waals surface area contributed by atoms with E-state index in [2.05, 4.69) is 20.1 Å². The molecule has 2 fully saturated rings. The molecule has 0 unspecified atom stereocenters. The van der Waals surface area contributed by atoms with E-state index in [-0.39, 0.29) is 46.9 Å². The number of nitrogens with two attached hydrogens (primary N) is 1. The second-order valence-electron chi connectivity index (χ2n) is 10.8. The number of nitrogens with one attached hydrogen (secondary N) is 2. The zero-order valence-electron chi connectivity index (χ0n) is 21.7. The van der Waals surface area contributed by atoms with Gasteiger partial charge in [0.25, 0.3) is 11.8 Å². The maximum atomic E-state index is 13.4. The van der Waals surface area contributed by atoms with Crippen molar-refractivity contribution < 1.29 is 27.5 Å². The molecule has 0 radical (unpaired) electrons. The molecular formula is C27H28F3N7O3. The van der Waals surface area contributed by atoms with E-state index in [0.29, 0.717) is 48.4 Å². The Balaban J connectivity index is 1.37. The number of nitrogen functional groups attached to an aromatic ring is 1. The molecule has 0 saturated heterocycles. The maximum Gasteiger partial charge on any atom is 0.573 e. The molecule has 13 heteroatoms. The summed E-state index contributed by atoms with van der Waals surface area (Å²) in [5, 5.41) is 14.9. The molecule has 0 bridgehead atoms. The molecule has 3 aromatic rings. The van der Waals surface area contributed by atoms with Crippen molar-refractivity contribution in [1.82, 2.24) is 24.8 Å². The van der Waals surface area contributed by atoms with Crippen molar-refractivity contribution >= 4 is 29.0 Å². The lowest BCUT2D eigenvalue weighted by Gasteiger charge is -2.24. The van der Waals surface area contributed by atoms with Gasteiger partial charge in [-0.2, -0.15) is 0 Å². The van der Waals surface area contributed by atoms with Crippen LogP contribution in [0.2, 0.25) is 0 Å². The summed E-state index contributed by atoms with van der Waals surface area (Å²) in [6.07, 6.45) is 1.01. The monoisotopic (exact) mass is 555 g/mol. The van der Waals surface area contributed by atoms with Crippen molar-refractivity contribution in [3.8, 4) is 17.0 Å². The van der Waals surface area contributed by atoms with Crippen molar-refractivity contribution in [1.29, 1.82) is 5.41 Å². The first-order valence-electron chi connectivity index (χ1n) is 13.2. The number of hydrogen-bond donors (Lipinski definition) is 3. The quantitative estimate of drug-likeness (QED) is 0.414. The van der Waals surface area contributed by atoms with E-state index in [1.54, 1.807) is 17.0 Å². The molecule has 210 valence electrons. The van der Waals surface area contributed by atoms with Gasteiger partial charge < -0.3 is 26.1 Å². The number of halogens is 3. The highest BCUT2D eigenvalue weighted by molar-refractivity contribution is 6.05. The van der Waals surface area contributed by atoms with Crippen molar-refractivity contribution in [3.05, 3.63) is 41.1 Å². The Labute approximate surface area is 227 Å². The molecule has 3 aliphatic rings. The standard InChI is InChI=1S/C27H28F3N7O3/c1-13(14-2-3-14)36-12-16-10-15(11-20(21(16)26(36)39)40-27(28,29)30)19-8-9-37-24(34-19)22(23(32)35-37)25(38)33-18-6-4-17(31)5-7-18/h8-11,13-14,18,31H,2-7,12H2,1H3,(H2,32,35)(H,33,38)/t13-,18?/m0/s1. The third kappa shape index (κ3) is 4.84. The number of hydrogen-bond acceptors (Lipinski definition) is 7. The van der Waals surface area contributed by atoms with Crippen molar-refractivity contribution in [3.63, 3.8) is 0 Å². The Kier molecular flexibility index (Phi) is 6.19. The Hall–Kier alpha value is -4.16. The minimum absolute atomic E-state index is 0.0314. The molecule has 2 aliphatic carbocycles. The fraction of sp³-hybridized carbons (Fsp3) is 0.444. The maximum absolute atomic E-state index is 13.4. The Morgan fingerprint density at radius 1 is 1.23 bits per heavy atom. The van der Waals surface area contributed by atoms with Crippen LogP contribution < -0.4 is 15.8 Å². The molecule has 3 heterocycles. The molecule has 2 amide bonds. The Morgan fingerprint density at radius 2 is 1.95 bits per heavy atom. The van der Waals surface area contributed by atoms with Gasteiger partial charge in [0.2, 0.25) is 0 Å². The topological polar surface area (TPSA) is 139 Å². The largest absolute Gasteiger partial charge is 0.573 e. The number of anilines is 1. The number of nitrogens with zero attached hydrogens (tertiary/aromatic N) is 4. The predicted octanol–water partition coefficient (Wildman–Crippen LogP) is 4.32. The van der Waals surface area contributed by atoms with E-state index in [1.807, 2.05) is 6.92 Å². The summed E-state index contributed by atoms with van der Waals surface area (Å²) < 4.78 is 45.8. The third-order valence-corrected chi connectivity index (χ3v) is 7.98. The SMILES string of the molecule is C[C@@H](C1CC1)N1Cc2cc(-c3ccn4nc(N)c(C(=O)NC5CCC(=N)CC5)c4n3)cc(OC(F)(F)F)c2C1=O. The molecule has 2 aromatic heterocycles. The molecule has 10 nitrogen and oxygen atoms in total. The number of fused-ring (bicyclic) bond motifs is 2. The van der Waals surface area contributed by atoms with E-state index in [0.717, 1.165) is 18.9 Å². The number of rotatable bonds is 6. The number of ether oxygens (including phenoxy) is 1. The van der Waals surface area contributed by atoms with Gasteiger partial charge in [0.15, 0.2) is 11.5 Å². The van der Waals surface area contributed by atoms with Gasteiger partial charge in [0.1, 0.15) is 11.3 Å². The lowest BCUT2D eigenvalue weighted by molar-refractivity contribution is -0.274. The summed E-state index contributed by atoms with van der Waals surface area (Å²) >= 11 is 0. The van der Waals surface area contributed by atoms with Gasteiger partial charge in [-0.15, -0.1) is 18.3 Å². The zero-order chi connectivity index (χ0) is 28.3. The summed E-state index contributed by atoms with van der Waals surface area (Å²) in [7, 11) is 0. The summed E-state index contributed by atoms with van der Waals surface area (Å²) in [6, 6.07) is 4.14. The van der Waals surface area contributed by atoms with E-state index >= 15 is 0 Å². The van der Waals surface area contributed by atoms with Gasteiger partial charge >= 0.3 is 6.36 Å². The van der Waals surface area contributed by atoms with Crippen LogP contribution in [0.3, 0.4) is 0 Å². The molecule has 1 aromatic carbocycles. The van der Waals surface area contributed by atoms with Crippen LogP contribution >= 0.6 is 0 Å². The number of carbonyl (C=O) groups excluding carboxylic acids is 2. The summed E-state index contributed by atoms with van der Waals surface area (Å²) in [6.45, 7) is 2.08. The highest BCUT2D eigenvalue weighted by Crippen LogP contribution is 2.42. The average molecular weight is 556 g/mol. The molecule has 1 aliphatic heterocycles. The molecule has 2 saturated carbocycles. The number of aromatic nitrogens is 3. The van der Waals surface area contributed by atoms with E-state index < -0.39 is 23.9 Å². The highest BCUT2D eigenvalue weighted by atomic mass is 19.4. The van der Waals surface area contributed by atoms with Crippen LogP contribution in [-0.2, 0) is 6.54 Å². The van der Waals surface area contributed by atoms with Crippen LogP contribution in [0, 0.1) is 11.3 Å². The minimum Gasteiger partial charge on any atom is -0.405 e. The number of alkyl halides is 3. The second-order valence-corrected chi connectivity index (χ2v) is 10.8. The van der Waals surface area contributed by atoms with Crippen LogP contribution in [-0.4, -0.2) is 55.5 Å². The first-order valence-corrected chi connectivity index (χ1v) is 13.2. The van der Waals surface area contributed by atoms with Gasteiger partial charge in [0, 0.05) is 36.1 Å². The molecule has 1 atom stereocenters. The van der Waals surface area contributed by atoms with Gasteiger partial charge in [0.05, 0.1) is 11.3 Å². The fourth-order valence-electron chi connectivity index (χ4n) is 5.65. The van der Waals surface area contributed by atoms with Crippen LogP contribution in [0.5, 0.6) is 5.75 Å². The number of carbonyl (C=O) groups is 2. The predicted molar refractivity (Wildman–Crippen MR) is 139 cm³/mol. The lowest BCUT2D eigenvalue weighted by atomic mass is 9.93. The van der Waals surface area contributed by atoms with Gasteiger partial charge in [-0.1, -0.05) is 0 Å².